The van der Waals surface area contributed by atoms with Gasteiger partial charge in [-0.15, -0.1) is 11.3 Å². The van der Waals surface area contributed by atoms with E-state index in [1.54, 1.807) is 0 Å². The van der Waals surface area contributed by atoms with E-state index >= 15 is 0 Å². The minimum Gasteiger partial charge on any atom is -0.478 e. The number of amides is 1. The first-order chi connectivity index (χ1) is 15.8. The molecule has 1 amide bonds. The van der Waals surface area contributed by atoms with Crippen LogP contribution in [0.15, 0.2) is 6.07 Å². The Labute approximate surface area is 206 Å². The summed E-state index contributed by atoms with van der Waals surface area (Å²) in [5, 5.41) is 22.4. The number of fused-ring (bicyclic) bond motifs is 1. The molecule has 2 aliphatic heterocycles. The summed E-state index contributed by atoms with van der Waals surface area (Å²) in [7, 11) is 0. The molecule has 4 rings (SSSR count). The summed E-state index contributed by atoms with van der Waals surface area (Å²) >= 11 is 7.18. The molecule has 2 aliphatic rings. The van der Waals surface area contributed by atoms with E-state index in [-0.39, 0.29) is 44.2 Å². The number of piperidine rings is 1. The molecule has 0 aromatic carbocycles. The minimum atomic E-state index is -1.10. The van der Waals surface area contributed by atoms with Crippen LogP contribution in [-0.2, 0) is 13.0 Å². The summed E-state index contributed by atoms with van der Waals surface area (Å²) in [5.74, 6) is -2.40. The fourth-order valence-electron chi connectivity index (χ4n) is 5.19. The summed E-state index contributed by atoms with van der Waals surface area (Å²) < 4.78 is 14.4. The lowest BCUT2D eigenvalue weighted by atomic mass is 9.79. The number of hydrogen-bond acceptors (Lipinski definition) is 7. The molecule has 0 bridgehead atoms. The smallest absolute Gasteiger partial charge is 0.339 e. The Balaban J connectivity index is 1.65. The molecule has 5 N–H and O–H groups in total. The molecule has 1 fully saturated rings. The van der Waals surface area contributed by atoms with E-state index in [2.05, 4.69) is 53.9 Å². The van der Waals surface area contributed by atoms with Crippen molar-refractivity contribution in [3.63, 3.8) is 0 Å². The zero-order chi connectivity index (χ0) is 24.8. The Kier molecular flexibility index (Phi) is 6.63. The van der Waals surface area contributed by atoms with Crippen molar-refractivity contribution >= 4 is 45.6 Å². The van der Waals surface area contributed by atoms with Gasteiger partial charge in [0.25, 0.3) is 5.91 Å². The van der Waals surface area contributed by atoms with Crippen LogP contribution in [-0.4, -0.2) is 45.6 Å². The molecule has 0 saturated carbocycles. The van der Waals surface area contributed by atoms with Crippen molar-refractivity contribution in [2.45, 2.75) is 70.6 Å². The number of carboxylic acids is 1. The van der Waals surface area contributed by atoms with Crippen LogP contribution in [0, 0.1) is 5.82 Å². The van der Waals surface area contributed by atoms with Crippen molar-refractivity contribution in [2.24, 2.45) is 0 Å². The highest BCUT2D eigenvalue weighted by Crippen LogP contribution is 2.36. The van der Waals surface area contributed by atoms with Gasteiger partial charge in [0, 0.05) is 28.5 Å². The van der Waals surface area contributed by atoms with E-state index in [0.29, 0.717) is 19.5 Å². The predicted octanol–water partition coefficient (Wildman–Crippen LogP) is 4.25. The molecule has 34 heavy (non-hydrogen) atoms. The summed E-state index contributed by atoms with van der Waals surface area (Å²) in [6.45, 7) is 9.61. The first-order valence-electron chi connectivity index (χ1n) is 11.2. The Morgan fingerprint density at radius 1 is 1.26 bits per heavy atom. The van der Waals surface area contributed by atoms with Gasteiger partial charge in [0.15, 0.2) is 11.0 Å². The molecule has 0 radical (unpaired) electrons. The van der Waals surface area contributed by atoms with Gasteiger partial charge in [-0.1, -0.05) is 11.6 Å². The number of nitrogens with one attached hydrogen (secondary N) is 4. The maximum absolute atomic E-state index is 14.4. The second kappa shape index (κ2) is 9.07. The number of rotatable bonds is 5. The van der Waals surface area contributed by atoms with Crippen molar-refractivity contribution in [3.05, 3.63) is 38.6 Å². The van der Waals surface area contributed by atoms with Gasteiger partial charge in [-0.25, -0.2) is 14.2 Å². The van der Waals surface area contributed by atoms with Gasteiger partial charge in [-0.05, 0) is 65.1 Å². The Morgan fingerprint density at radius 2 is 1.94 bits per heavy atom. The topological polar surface area (TPSA) is 115 Å². The summed E-state index contributed by atoms with van der Waals surface area (Å²) in [6, 6.07) is 1.00. The molecular weight excluding hydrogens is 481 g/mol. The summed E-state index contributed by atoms with van der Waals surface area (Å²) in [6.07, 6.45) is 2.07. The Morgan fingerprint density at radius 3 is 2.59 bits per heavy atom. The molecule has 1 saturated heterocycles. The Hall–Kier alpha value is -2.27. The van der Waals surface area contributed by atoms with Crippen LogP contribution in [0.3, 0.4) is 0 Å². The molecule has 2 aromatic rings. The SMILES string of the molecule is CC1(C)CC(Nc2nc(Cl)c(F)cc2C(=O)Nc2sc3c(c2C(=O)O)CCNC3)CC(C)(C)N1. The van der Waals surface area contributed by atoms with Crippen molar-refractivity contribution in [2.75, 3.05) is 17.2 Å². The van der Waals surface area contributed by atoms with Gasteiger partial charge >= 0.3 is 5.97 Å². The standard InChI is InChI=1S/C23H29ClFN5O3S/c1-22(2)8-11(9-23(3,4)30-22)27-18-13(7-14(25)17(24)28-18)19(31)29-20-16(21(32)33)12-5-6-26-10-15(12)34-20/h7,11,26,30H,5-6,8-10H2,1-4H3,(H,27,28)(H,29,31)(H,32,33). The fourth-order valence-corrected chi connectivity index (χ4v) is 6.53. The lowest BCUT2D eigenvalue weighted by Gasteiger charge is -2.46. The second-order valence-corrected chi connectivity index (χ2v) is 11.7. The summed E-state index contributed by atoms with van der Waals surface area (Å²) in [4.78, 5) is 30.2. The van der Waals surface area contributed by atoms with Crippen molar-refractivity contribution < 1.29 is 19.1 Å². The lowest BCUT2D eigenvalue weighted by Crippen LogP contribution is -2.60. The van der Waals surface area contributed by atoms with Crippen molar-refractivity contribution in [1.82, 2.24) is 15.6 Å². The number of carbonyl (C=O) groups excluding carboxylic acids is 1. The maximum Gasteiger partial charge on any atom is 0.339 e. The van der Waals surface area contributed by atoms with Gasteiger partial charge in [0.05, 0.1) is 11.1 Å². The van der Waals surface area contributed by atoms with Crippen LogP contribution in [0.4, 0.5) is 15.2 Å². The van der Waals surface area contributed by atoms with Crippen LogP contribution < -0.4 is 21.3 Å². The quantitative estimate of drug-likeness (QED) is 0.383. The third-order valence-electron chi connectivity index (χ3n) is 6.08. The molecule has 0 spiro atoms. The zero-order valence-corrected chi connectivity index (χ0v) is 21.1. The largest absolute Gasteiger partial charge is 0.478 e. The maximum atomic E-state index is 14.4. The van der Waals surface area contributed by atoms with E-state index in [9.17, 15) is 19.1 Å². The van der Waals surface area contributed by atoms with E-state index in [0.717, 1.165) is 29.3 Å². The molecule has 0 unspecified atom stereocenters. The first kappa shape index (κ1) is 24.8. The monoisotopic (exact) mass is 509 g/mol. The van der Waals surface area contributed by atoms with Gasteiger partial charge in [-0.2, -0.15) is 0 Å². The minimum absolute atomic E-state index is 0.0307. The highest BCUT2D eigenvalue weighted by Gasteiger charge is 2.38. The van der Waals surface area contributed by atoms with Gasteiger partial charge in [0.1, 0.15) is 10.8 Å². The Bertz CT molecular complexity index is 1130. The molecular formula is C23H29ClFN5O3S. The predicted molar refractivity (Wildman–Crippen MR) is 132 cm³/mol. The third kappa shape index (κ3) is 5.19. The average molecular weight is 510 g/mol. The normalized spacial score (nSPS) is 19.4. The number of carboxylic acid groups (broad SMARTS) is 1. The highest BCUT2D eigenvalue weighted by molar-refractivity contribution is 7.17. The van der Waals surface area contributed by atoms with Gasteiger partial charge in [0.2, 0.25) is 0 Å². The van der Waals surface area contributed by atoms with E-state index < -0.39 is 17.7 Å². The first-order valence-corrected chi connectivity index (χ1v) is 12.4. The van der Waals surface area contributed by atoms with Gasteiger partial charge < -0.3 is 26.4 Å². The fraction of sp³-hybridized carbons (Fsp3) is 0.522. The van der Waals surface area contributed by atoms with E-state index in [1.807, 2.05) is 0 Å². The lowest BCUT2D eigenvalue weighted by molar-refractivity contribution is 0.0697. The average Bonchev–Trinajstić information content (AvgIpc) is 3.06. The summed E-state index contributed by atoms with van der Waals surface area (Å²) in [5.41, 5.74) is 0.466. The molecule has 8 nitrogen and oxygen atoms in total. The van der Waals surface area contributed by atoms with E-state index in [1.165, 1.54) is 11.3 Å². The molecule has 11 heteroatoms. The van der Waals surface area contributed by atoms with Crippen LogP contribution in [0.1, 0.15) is 71.7 Å². The molecule has 2 aromatic heterocycles. The number of aromatic carboxylic acids is 1. The number of thiophene rings is 1. The number of halogens is 2. The molecule has 4 heterocycles. The number of nitrogens with zero attached hydrogens (tertiary/aromatic N) is 1. The second-order valence-electron chi connectivity index (χ2n) is 10.2. The molecule has 0 atom stereocenters. The highest BCUT2D eigenvalue weighted by atomic mass is 35.5. The van der Waals surface area contributed by atoms with Gasteiger partial charge in [-0.3, -0.25) is 4.79 Å². The molecule has 184 valence electrons. The van der Waals surface area contributed by atoms with Crippen molar-refractivity contribution in [1.29, 1.82) is 0 Å². The van der Waals surface area contributed by atoms with Crippen LogP contribution >= 0.6 is 22.9 Å². The molecule has 0 aliphatic carbocycles. The number of anilines is 2. The van der Waals surface area contributed by atoms with Crippen LogP contribution in [0.2, 0.25) is 5.15 Å². The van der Waals surface area contributed by atoms with Crippen molar-refractivity contribution in [3.8, 4) is 0 Å². The number of hydrogen-bond donors (Lipinski definition) is 5. The van der Waals surface area contributed by atoms with E-state index in [4.69, 9.17) is 11.6 Å². The van der Waals surface area contributed by atoms with Crippen LogP contribution in [0.5, 0.6) is 0 Å². The zero-order valence-electron chi connectivity index (χ0n) is 19.6. The third-order valence-corrected chi connectivity index (χ3v) is 7.49. The van der Waals surface area contributed by atoms with Crippen LogP contribution in [0.25, 0.3) is 0 Å². The number of pyridine rings is 1. The number of carbonyl (C=O) groups is 2. The number of aromatic nitrogens is 1.